The average Bonchev–Trinajstić information content (AvgIpc) is 2.84. The van der Waals surface area contributed by atoms with Gasteiger partial charge in [0, 0.05) is 12.6 Å². The Labute approximate surface area is 124 Å². The first-order chi connectivity index (χ1) is 9.91. The second-order valence-electron chi connectivity index (χ2n) is 5.30. The van der Waals surface area contributed by atoms with Crippen LogP contribution in [0.15, 0.2) is 18.2 Å². The average molecular weight is 311 g/mol. The van der Waals surface area contributed by atoms with E-state index in [1.54, 1.807) is 0 Å². The fourth-order valence-corrected chi connectivity index (χ4v) is 3.70. The molecular formula is C14H18FN3O2S. The van der Waals surface area contributed by atoms with Gasteiger partial charge in [-0.05, 0) is 44.1 Å². The van der Waals surface area contributed by atoms with Crippen LogP contribution in [0, 0.1) is 17.1 Å². The number of rotatable bonds is 5. The van der Waals surface area contributed by atoms with Crippen molar-refractivity contribution in [3.8, 4) is 6.07 Å². The van der Waals surface area contributed by atoms with Gasteiger partial charge in [-0.3, -0.25) is 0 Å². The van der Waals surface area contributed by atoms with Gasteiger partial charge in [0.25, 0.3) is 0 Å². The summed E-state index contributed by atoms with van der Waals surface area (Å²) in [5.41, 5.74) is 0.365. The Morgan fingerprint density at radius 2 is 2.29 bits per heavy atom. The third-order valence-corrected chi connectivity index (χ3v) is 5.05. The zero-order valence-corrected chi connectivity index (χ0v) is 12.7. The highest BCUT2D eigenvalue weighted by Crippen LogP contribution is 2.16. The lowest BCUT2D eigenvalue weighted by Crippen LogP contribution is -2.38. The molecule has 5 nitrogen and oxygen atoms in total. The fraction of sp³-hybridized carbons (Fsp3) is 0.500. The van der Waals surface area contributed by atoms with Crippen molar-refractivity contribution >= 4 is 10.0 Å². The highest BCUT2D eigenvalue weighted by molar-refractivity contribution is 7.88. The lowest BCUT2D eigenvalue weighted by Gasteiger charge is -2.19. The Balaban J connectivity index is 2.02. The second-order valence-corrected chi connectivity index (χ2v) is 7.10. The normalized spacial score (nSPS) is 19.6. The number of halogens is 1. The highest BCUT2D eigenvalue weighted by Gasteiger charge is 2.23. The molecule has 1 N–H and O–H groups in total. The molecule has 7 heteroatoms. The molecule has 1 atom stereocenters. The largest absolute Gasteiger partial charge is 0.302 e. The van der Waals surface area contributed by atoms with E-state index >= 15 is 0 Å². The number of hydrogen-bond acceptors (Lipinski definition) is 4. The quantitative estimate of drug-likeness (QED) is 0.887. The number of benzene rings is 1. The van der Waals surface area contributed by atoms with E-state index < -0.39 is 15.8 Å². The Kier molecular flexibility index (Phi) is 4.93. The first-order valence-corrected chi connectivity index (χ1v) is 8.42. The van der Waals surface area contributed by atoms with Gasteiger partial charge >= 0.3 is 0 Å². The summed E-state index contributed by atoms with van der Waals surface area (Å²) >= 11 is 0. The van der Waals surface area contributed by atoms with E-state index in [1.165, 1.54) is 6.07 Å². The summed E-state index contributed by atoms with van der Waals surface area (Å²) in [4.78, 5) is 2.13. The van der Waals surface area contributed by atoms with Crippen LogP contribution in [0.5, 0.6) is 0 Å². The molecule has 0 saturated carbocycles. The van der Waals surface area contributed by atoms with Crippen molar-refractivity contribution in [1.82, 2.24) is 9.62 Å². The monoisotopic (exact) mass is 311 g/mol. The van der Waals surface area contributed by atoms with E-state index in [4.69, 9.17) is 5.26 Å². The number of nitrogens with zero attached hydrogens (tertiary/aromatic N) is 2. The smallest absolute Gasteiger partial charge is 0.215 e. The lowest BCUT2D eigenvalue weighted by atomic mass is 10.1. The van der Waals surface area contributed by atoms with Crippen molar-refractivity contribution in [2.24, 2.45) is 0 Å². The molecule has 1 fully saturated rings. The number of likely N-dealkylation sites (N-methyl/N-ethyl adjacent to an activating group) is 1. The van der Waals surface area contributed by atoms with Crippen LogP contribution in [0.4, 0.5) is 4.39 Å². The molecule has 0 bridgehead atoms. The molecule has 1 heterocycles. The minimum atomic E-state index is -3.54. The van der Waals surface area contributed by atoms with Crippen LogP contribution in [0.3, 0.4) is 0 Å². The van der Waals surface area contributed by atoms with Crippen molar-refractivity contribution in [3.05, 3.63) is 35.1 Å². The van der Waals surface area contributed by atoms with Gasteiger partial charge in [0.1, 0.15) is 5.82 Å². The molecule has 1 saturated heterocycles. The molecule has 0 unspecified atom stereocenters. The van der Waals surface area contributed by atoms with Crippen molar-refractivity contribution in [1.29, 1.82) is 5.26 Å². The molecule has 0 spiro atoms. The van der Waals surface area contributed by atoms with Crippen LogP contribution >= 0.6 is 0 Å². The molecule has 1 aromatic rings. The van der Waals surface area contributed by atoms with Gasteiger partial charge in [0.05, 0.1) is 17.4 Å². The van der Waals surface area contributed by atoms with Gasteiger partial charge < -0.3 is 4.90 Å². The SMILES string of the molecule is CN1CCC[C@H]1CNS(=O)(=O)Cc1ccc(F)cc1C#N. The van der Waals surface area contributed by atoms with Gasteiger partial charge in [-0.1, -0.05) is 6.07 Å². The van der Waals surface area contributed by atoms with E-state index in [-0.39, 0.29) is 17.4 Å². The fourth-order valence-electron chi connectivity index (χ4n) is 2.49. The van der Waals surface area contributed by atoms with Crippen LogP contribution < -0.4 is 4.72 Å². The molecule has 0 amide bonds. The predicted molar refractivity (Wildman–Crippen MR) is 77.4 cm³/mol. The molecule has 2 rings (SSSR count). The zero-order chi connectivity index (χ0) is 15.5. The molecule has 1 aliphatic rings. The van der Waals surface area contributed by atoms with Crippen molar-refractivity contribution in [2.75, 3.05) is 20.1 Å². The van der Waals surface area contributed by atoms with E-state index in [0.29, 0.717) is 12.1 Å². The molecule has 1 aliphatic heterocycles. The van der Waals surface area contributed by atoms with Crippen LogP contribution in [-0.2, 0) is 15.8 Å². The molecule has 0 aromatic heterocycles. The van der Waals surface area contributed by atoms with Gasteiger partial charge in [-0.25, -0.2) is 17.5 Å². The summed E-state index contributed by atoms with van der Waals surface area (Å²) in [7, 11) is -1.57. The summed E-state index contributed by atoms with van der Waals surface area (Å²) in [5.74, 6) is -0.861. The Bertz CT molecular complexity index is 655. The lowest BCUT2D eigenvalue weighted by molar-refractivity contribution is 0.311. The van der Waals surface area contributed by atoms with Crippen LogP contribution in [0.2, 0.25) is 0 Å². The summed E-state index contributed by atoms with van der Waals surface area (Å²) in [5, 5.41) is 8.94. The number of nitriles is 1. The third kappa shape index (κ3) is 4.24. The van der Waals surface area contributed by atoms with Crippen molar-refractivity contribution < 1.29 is 12.8 Å². The molecule has 0 aliphatic carbocycles. The Morgan fingerprint density at radius 3 is 2.90 bits per heavy atom. The standard InChI is InChI=1S/C14H18FN3O2S/c1-18-6-2-3-14(18)9-17-21(19,20)10-11-4-5-13(15)7-12(11)8-16/h4-5,7,14,17H,2-3,6,9-10H2,1H3/t14-/m0/s1. The molecule has 21 heavy (non-hydrogen) atoms. The van der Waals surface area contributed by atoms with Crippen LogP contribution in [0.1, 0.15) is 24.0 Å². The summed E-state index contributed by atoms with van der Waals surface area (Å²) in [6.45, 7) is 1.34. The van der Waals surface area contributed by atoms with Gasteiger partial charge in [0.2, 0.25) is 10.0 Å². The molecule has 0 radical (unpaired) electrons. The van der Waals surface area contributed by atoms with Crippen molar-refractivity contribution in [2.45, 2.75) is 24.6 Å². The summed E-state index contributed by atoms with van der Waals surface area (Å²) in [6.07, 6.45) is 2.04. The number of sulfonamides is 1. The molecule has 114 valence electrons. The first kappa shape index (κ1) is 15.9. The maximum absolute atomic E-state index is 13.0. The highest BCUT2D eigenvalue weighted by atomic mass is 32.2. The minimum absolute atomic E-state index is 0.0540. The van der Waals surface area contributed by atoms with E-state index in [0.717, 1.165) is 31.5 Å². The Hall–Kier alpha value is -1.49. The third-order valence-electron chi connectivity index (χ3n) is 3.75. The molecule has 1 aromatic carbocycles. The van der Waals surface area contributed by atoms with Crippen molar-refractivity contribution in [3.63, 3.8) is 0 Å². The predicted octanol–water partition coefficient (Wildman–Crippen LogP) is 1.21. The number of likely N-dealkylation sites (tertiary alicyclic amines) is 1. The zero-order valence-electron chi connectivity index (χ0n) is 11.8. The maximum atomic E-state index is 13.0. The first-order valence-electron chi connectivity index (χ1n) is 6.77. The van der Waals surface area contributed by atoms with Crippen LogP contribution in [0.25, 0.3) is 0 Å². The Morgan fingerprint density at radius 1 is 1.52 bits per heavy atom. The second kappa shape index (κ2) is 6.52. The van der Waals surface area contributed by atoms with Gasteiger partial charge in [0.15, 0.2) is 0 Å². The van der Waals surface area contributed by atoms with Gasteiger partial charge in [-0.15, -0.1) is 0 Å². The molecular weight excluding hydrogens is 293 g/mol. The van der Waals surface area contributed by atoms with E-state index in [9.17, 15) is 12.8 Å². The maximum Gasteiger partial charge on any atom is 0.215 e. The summed E-state index contributed by atoms with van der Waals surface area (Å²) < 4.78 is 39.8. The number of nitrogens with one attached hydrogen (secondary N) is 1. The van der Waals surface area contributed by atoms with E-state index in [1.807, 2.05) is 13.1 Å². The van der Waals surface area contributed by atoms with E-state index in [2.05, 4.69) is 9.62 Å². The number of hydrogen-bond donors (Lipinski definition) is 1. The minimum Gasteiger partial charge on any atom is -0.302 e. The van der Waals surface area contributed by atoms with Crippen LogP contribution in [-0.4, -0.2) is 39.5 Å². The summed E-state index contributed by atoms with van der Waals surface area (Å²) in [6, 6.07) is 5.59. The topological polar surface area (TPSA) is 73.2 Å². The van der Waals surface area contributed by atoms with Gasteiger partial charge in [-0.2, -0.15) is 5.26 Å².